The molecule has 1 aromatic heterocycles. The summed E-state index contributed by atoms with van der Waals surface area (Å²) < 4.78 is 13.1. The number of carboxylic acids is 1. The zero-order chi connectivity index (χ0) is 24.0. The predicted octanol–water partition coefficient (Wildman–Crippen LogP) is 4.12. The van der Waals surface area contributed by atoms with E-state index in [0.717, 1.165) is 24.8 Å². The van der Waals surface area contributed by atoms with Gasteiger partial charge in [0.2, 0.25) is 0 Å². The van der Waals surface area contributed by atoms with Crippen molar-refractivity contribution in [3.8, 4) is 17.0 Å². The Morgan fingerprint density at radius 3 is 2.64 bits per heavy atom. The van der Waals surface area contributed by atoms with Crippen LogP contribution < -0.4 is 4.74 Å². The maximum Gasteiger partial charge on any atom is 0.409 e. The zero-order valence-electron chi connectivity index (χ0n) is 19.9. The van der Waals surface area contributed by atoms with E-state index in [9.17, 15) is 14.7 Å². The molecule has 1 aliphatic rings. The molecule has 0 spiro atoms. The molecule has 2 aromatic rings. The van der Waals surface area contributed by atoms with E-state index in [1.54, 1.807) is 23.7 Å². The SMILES string of the molecule is CC(C)CCN(C)C(=O)OCc1c(-c2ccc(OC3CCCC(C(=O)O)C3)cc2)nnn1C. The number of amides is 1. The van der Waals surface area contributed by atoms with Crippen LogP contribution >= 0.6 is 0 Å². The minimum Gasteiger partial charge on any atom is -0.490 e. The van der Waals surface area contributed by atoms with Gasteiger partial charge in [0.25, 0.3) is 0 Å². The van der Waals surface area contributed by atoms with E-state index in [4.69, 9.17) is 9.47 Å². The van der Waals surface area contributed by atoms with E-state index in [1.165, 1.54) is 0 Å². The predicted molar refractivity (Wildman–Crippen MR) is 123 cm³/mol. The summed E-state index contributed by atoms with van der Waals surface area (Å²) in [6, 6.07) is 7.47. The number of aromatic nitrogens is 3. The molecular weight excluding hydrogens is 424 g/mol. The summed E-state index contributed by atoms with van der Waals surface area (Å²) >= 11 is 0. The highest BCUT2D eigenvalue weighted by Gasteiger charge is 2.28. The Labute approximate surface area is 194 Å². The van der Waals surface area contributed by atoms with Gasteiger partial charge in [-0.2, -0.15) is 0 Å². The first kappa shape index (κ1) is 24.5. The molecule has 33 heavy (non-hydrogen) atoms. The second kappa shape index (κ2) is 11.2. The molecule has 1 fully saturated rings. The largest absolute Gasteiger partial charge is 0.490 e. The smallest absolute Gasteiger partial charge is 0.409 e. The van der Waals surface area contributed by atoms with Gasteiger partial charge in [0.1, 0.15) is 23.7 Å². The molecule has 0 radical (unpaired) electrons. The number of ether oxygens (including phenoxy) is 2. The van der Waals surface area contributed by atoms with Gasteiger partial charge in [-0.05, 0) is 62.3 Å². The number of nitrogens with zero attached hydrogens (tertiary/aromatic N) is 4. The fourth-order valence-corrected chi connectivity index (χ4v) is 3.91. The number of hydrogen-bond donors (Lipinski definition) is 1. The van der Waals surface area contributed by atoms with Crippen molar-refractivity contribution in [3.63, 3.8) is 0 Å². The molecule has 180 valence electrons. The molecule has 3 rings (SSSR count). The maximum atomic E-state index is 12.3. The van der Waals surface area contributed by atoms with Crippen molar-refractivity contribution in [1.29, 1.82) is 0 Å². The number of aryl methyl sites for hydroxylation is 1. The fourth-order valence-electron chi connectivity index (χ4n) is 3.91. The number of hydrogen-bond acceptors (Lipinski definition) is 6. The van der Waals surface area contributed by atoms with Gasteiger partial charge in [-0.3, -0.25) is 4.79 Å². The van der Waals surface area contributed by atoms with E-state index < -0.39 is 5.97 Å². The van der Waals surface area contributed by atoms with Crippen LogP contribution in [0.25, 0.3) is 11.3 Å². The molecule has 0 aliphatic heterocycles. The van der Waals surface area contributed by atoms with Crippen molar-refractivity contribution < 1.29 is 24.2 Å². The molecule has 9 heteroatoms. The summed E-state index contributed by atoms with van der Waals surface area (Å²) in [6.07, 6.45) is 3.40. The third kappa shape index (κ3) is 6.69. The van der Waals surface area contributed by atoms with Crippen molar-refractivity contribution >= 4 is 12.1 Å². The Balaban J connectivity index is 1.61. The Kier molecular flexibility index (Phi) is 8.30. The number of rotatable bonds is 9. The fraction of sp³-hybridized carbons (Fsp3) is 0.583. The summed E-state index contributed by atoms with van der Waals surface area (Å²) in [5.74, 6) is 0.119. The van der Waals surface area contributed by atoms with Gasteiger partial charge in [-0.1, -0.05) is 19.1 Å². The zero-order valence-corrected chi connectivity index (χ0v) is 19.9. The Hall–Kier alpha value is -3.10. The van der Waals surface area contributed by atoms with Crippen molar-refractivity contribution in [1.82, 2.24) is 19.9 Å². The molecule has 0 bridgehead atoms. The molecule has 1 amide bonds. The Bertz CT molecular complexity index is 941. The first-order valence-corrected chi connectivity index (χ1v) is 11.5. The highest BCUT2D eigenvalue weighted by molar-refractivity contribution is 5.70. The van der Waals surface area contributed by atoms with Crippen LogP contribution in [-0.2, 0) is 23.2 Å². The molecule has 9 nitrogen and oxygen atoms in total. The van der Waals surface area contributed by atoms with Gasteiger partial charge in [0.05, 0.1) is 12.0 Å². The first-order chi connectivity index (χ1) is 15.7. The third-order valence-corrected chi connectivity index (χ3v) is 6.03. The lowest BCUT2D eigenvalue weighted by atomic mass is 9.87. The van der Waals surface area contributed by atoms with Crippen LogP contribution in [0.5, 0.6) is 5.75 Å². The van der Waals surface area contributed by atoms with Crippen LogP contribution in [-0.4, -0.2) is 56.8 Å². The molecule has 1 aliphatic carbocycles. The third-order valence-electron chi connectivity index (χ3n) is 6.03. The first-order valence-electron chi connectivity index (χ1n) is 11.5. The molecule has 0 saturated heterocycles. The molecule has 1 N–H and O–H groups in total. The minimum absolute atomic E-state index is 0.0700. The van der Waals surface area contributed by atoms with Crippen molar-refractivity contribution in [3.05, 3.63) is 30.0 Å². The topological polar surface area (TPSA) is 107 Å². The minimum atomic E-state index is -0.749. The van der Waals surface area contributed by atoms with Gasteiger partial charge in [-0.15, -0.1) is 5.10 Å². The van der Waals surface area contributed by atoms with Gasteiger partial charge < -0.3 is 19.5 Å². The average Bonchev–Trinajstić information content (AvgIpc) is 3.16. The number of benzene rings is 1. The van der Waals surface area contributed by atoms with E-state index in [1.807, 2.05) is 24.3 Å². The highest BCUT2D eigenvalue weighted by Crippen LogP contribution is 2.29. The molecule has 2 unspecified atom stereocenters. The van der Waals surface area contributed by atoms with Gasteiger partial charge in [0.15, 0.2) is 0 Å². The maximum absolute atomic E-state index is 12.3. The summed E-state index contributed by atoms with van der Waals surface area (Å²) in [7, 11) is 3.50. The van der Waals surface area contributed by atoms with E-state index in [2.05, 4.69) is 24.2 Å². The Morgan fingerprint density at radius 1 is 1.24 bits per heavy atom. The summed E-state index contributed by atoms with van der Waals surface area (Å²) in [6.45, 7) is 4.94. The lowest BCUT2D eigenvalue weighted by molar-refractivity contribution is -0.143. The van der Waals surface area contributed by atoms with Crippen LogP contribution in [0, 0.1) is 11.8 Å². The van der Waals surface area contributed by atoms with Gasteiger partial charge in [0, 0.05) is 26.2 Å². The molecule has 1 heterocycles. The summed E-state index contributed by atoms with van der Waals surface area (Å²) in [5.41, 5.74) is 2.18. The molecule has 1 aromatic carbocycles. The summed E-state index contributed by atoms with van der Waals surface area (Å²) in [4.78, 5) is 25.2. The highest BCUT2D eigenvalue weighted by atomic mass is 16.6. The summed E-state index contributed by atoms with van der Waals surface area (Å²) in [5, 5.41) is 17.6. The number of carboxylic acid groups (broad SMARTS) is 1. The van der Waals surface area contributed by atoms with E-state index >= 15 is 0 Å². The van der Waals surface area contributed by atoms with Crippen LogP contribution in [0.15, 0.2) is 24.3 Å². The second-order valence-electron chi connectivity index (χ2n) is 9.13. The quantitative estimate of drug-likeness (QED) is 0.602. The lowest BCUT2D eigenvalue weighted by Crippen LogP contribution is -2.29. The van der Waals surface area contributed by atoms with Crippen LogP contribution in [0.1, 0.15) is 51.6 Å². The standard InChI is InChI=1S/C24H34N4O5/c1-16(2)12-13-27(3)24(31)32-15-21-22(25-26-28(21)4)17-8-10-19(11-9-17)33-20-7-5-6-18(14-20)23(29)30/h8-11,16,18,20H,5-7,12-15H2,1-4H3,(H,29,30). The van der Waals surface area contributed by atoms with Crippen LogP contribution in [0.4, 0.5) is 4.79 Å². The molecule has 1 saturated carbocycles. The number of carbonyl (C=O) groups is 2. The molecular formula is C24H34N4O5. The van der Waals surface area contributed by atoms with Crippen molar-refractivity contribution in [2.45, 2.75) is 58.7 Å². The van der Waals surface area contributed by atoms with Crippen LogP contribution in [0.3, 0.4) is 0 Å². The van der Waals surface area contributed by atoms with Crippen molar-refractivity contribution in [2.24, 2.45) is 18.9 Å². The van der Waals surface area contributed by atoms with E-state index in [-0.39, 0.29) is 24.7 Å². The van der Waals surface area contributed by atoms with Gasteiger partial charge in [-0.25, -0.2) is 9.48 Å². The van der Waals surface area contributed by atoms with E-state index in [0.29, 0.717) is 42.4 Å². The van der Waals surface area contributed by atoms with Crippen LogP contribution in [0.2, 0.25) is 0 Å². The Morgan fingerprint density at radius 2 is 1.97 bits per heavy atom. The average molecular weight is 459 g/mol. The second-order valence-corrected chi connectivity index (χ2v) is 9.13. The number of carbonyl (C=O) groups excluding carboxylic acids is 1. The monoisotopic (exact) mass is 458 g/mol. The van der Waals surface area contributed by atoms with Gasteiger partial charge >= 0.3 is 12.1 Å². The number of aliphatic carboxylic acids is 1. The molecule has 2 atom stereocenters. The normalized spacial score (nSPS) is 18.2. The van der Waals surface area contributed by atoms with Crippen molar-refractivity contribution in [2.75, 3.05) is 13.6 Å². The lowest BCUT2D eigenvalue weighted by Gasteiger charge is -2.27.